The van der Waals surface area contributed by atoms with E-state index in [1.54, 1.807) is 0 Å². The molecule has 0 aliphatic heterocycles. The highest BCUT2D eigenvalue weighted by Crippen LogP contribution is 2.35. The third-order valence-corrected chi connectivity index (χ3v) is 4.04. The maximum atomic E-state index is 11.9. The summed E-state index contributed by atoms with van der Waals surface area (Å²) in [6.45, 7) is 0. The van der Waals surface area contributed by atoms with Crippen LogP contribution in [0.4, 0.5) is 0 Å². The zero-order valence-corrected chi connectivity index (χ0v) is 10.7. The first-order valence-corrected chi connectivity index (χ1v) is 6.79. The van der Waals surface area contributed by atoms with E-state index in [9.17, 15) is 9.59 Å². The van der Waals surface area contributed by atoms with E-state index in [0.717, 1.165) is 38.5 Å². The van der Waals surface area contributed by atoms with Gasteiger partial charge in [-0.2, -0.15) is 0 Å². The van der Waals surface area contributed by atoms with E-state index in [1.165, 1.54) is 0 Å². The molecule has 0 spiro atoms. The average molecular weight is 254 g/mol. The Bertz CT molecular complexity index is 333. The second-order valence-corrected chi connectivity index (χ2v) is 5.86. The lowest BCUT2D eigenvalue weighted by Crippen LogP contribution is -2.45. The summed E-state index contributed by atoms with van der Waals surface area (Å²) >= 11 is 0. The number of carbonyl (C=O) groups is 2. The van der Waals surface area contributed by atoms with Crippen LogP contribution in [0.5, 0.6) is 0 Å². The molecule has 2 saturated carbocycles. The maximum absolute atomic E-state index is 11.9. The van der Waals surface area contributed by atoms with Gasteiger partial charge in [0.25, 0.3) is 0 Å². The lowest BCUT2D eigenvalue weighted by atomic mass is 9.94. The van der Waals surface area contributed by atoms with Crippen molar-refractivity contribution in [1.82, 2.24) is 5.32 Å². The molecule has 0 radical (unpaired) electrons. The van der Waals surface area contributed by atoms with E-state index in [2.05, 4.69) is 5.32 Å². The third-order valence-electron chi connectivity index (χ3n) is 4.04. The normalized spacial score (nSPS) is 23.6. The molecule has 0 bridgehead atoms. The lowest BCUT2D eigenvalue weighted by Gasteiger charge is -2.24. The molecule has 0 aromatic rings. The highest BCUT2D eigenvalue weighted by atomic mass is 16.4. The van der Waals surface area contributed by atoms with Gasteiger partial charge in [0.15, 0.2) is 0 Å². The number of hydrogen-bond acceptors (Lipinski definition) is 3. The number of aliphatic carboxylic acids is 1. The molecule has 2 aliphatic rings. The molecule has 0 aromatic carbocycles. The molecule has 2 aliphatic carbocycles. The summed E-state index contributed by atoms with van der Waals surface area (Å²) in [6.07, 6.45) is 6.36. The van der Waals surface area contributed by atoms with Crippen molar-refractivity contribution in [1.29, 1.82) is 0 Å². The van der Waals surface area contributed by atoms with Crippen molar-refractivity contribution < 1.29 is 14.7 Å². The molecule has 0 saturated heterocycles. The minimum Gasteiger partial charge on any atom is -0.481 e. The van der Waals surface area contributed by atoms with Gasteiger partial charge in [-0.15, -0.1) is 0 Å². The Hall–Kier alpha value is -1.10. The van der Waals surface area contributed by atoms with Gasteiger partial charge in [-0.3, -0.25) is 9.59 Å². The molecule has 1 unspecified atom stereocenters. The molecule has 18 heavy (non-hydrogen) atoms. The molecule has 102 valence electrons. The summed E-state index contributed by atoms with van der Waals surface area (Å²) < 4.78 is 0. The Morgan fingerprint density at radius 3 is 2.44 bits per heavy atom. The number of carboxylic acid groups (broad SMARTS) is 1. The zero-order valence-electron chi connectivity index (χ0n) is 10.7. The number of carbonyl (C=O) groups excluding carboxylic acids is 1. The monoisotopic (exact) mass is 254 g/mol. The van der Waals surface area contributed by atoms with Crippen molar-refractivity contribution >= 4 is 11.9 Å². The number of rotatable bonds is 6. The van der Waals surface area contributed by atoms with Gasteiger partial charge in [-0.1, -0.05) is 12.8 Å². The molecule has 2 fully saturated rings. The Labute approximate surface area is 107 Å². The van der Waals surface area contributed by atoms with E-state index < -0.39 is 5.97 Å². The fourth-order valence-corrected chi connectivity index (χ4v) is 2.86. The SMILES string of the molecule is NC1(CC(=O)NC(CC(=O)O)C2CC2)CCCC1. The van der Waals surface area contributed by atoms with Crippen molar-refractivity contribution in [2.75, 3.05) is 0 Å². The molecule has 1 atom stereocenters. The summed E-state index contributed by atoms with van der Waals surface area (Å²) in [4.78, 5) is 22.7. The van der Waals surface area contributed by atoms with Gasteiger partial charge in [0.05, 0.1) is 6.42 Å². The topological polar surface area (TPSA) is 92.4 Å². The van der Waals surface area contributed by atoms with Gasteiger partial charge in [-0.25, -0.2) is 0 Å². The molecule has 5 nitrogen and oxygen atoms in total. The van der Waals surface area contributed by atoms with E-state index in [1.807, 2.05) is 0 Å². The van der Waals surface area contributed by atoms with E-state index in [-0.39, 0.29) is 23.9 Å². The zero-order chi connectivity index (χ0) is 13.2. The third kappa shape index (κ3) is 3.70. The van der Waals surface area contributed by atoms with Crippen LogP contribution < -0.4 is 11.1 Å². The maximum Gasteiger partial charge on any atom is 0.305 e. The first-order valence-electron chi connectivity index (χ1n) is 6.79. The van der Waals surface area contributed by atoms with Crippen molar-refractivity contribution in [3.8, 4) is 0 Å². The predicted molar refractivity (Wildman–Crippen MR) is 66.9 cm³/mol. The number of carboxylic acids is 1. The van der Waals surface area contributed by atoms with Crippen LogP contribution >= 0.6 is 0 Å². The van der Waals surface area contributed by atoms with E-state index in [0.29, 0.717) is 12.3 Å². The van der Waals surface area contributed by atoms with Crippen LogP contribution in [0.1, 0.15) is 51.4 Å². The molecule has 4 N–H and O–H groups in total. The minimum absolute atomic E-state index is 0.0218. The summed E-state index contributed by atoms with van der Waals surface area (Å²) in [7, 11) is 0. The van der Waals surface area contributed by atoms with Gasteiger partial charge < -0.3 is 16.2 Å². The average Bonchev–Trinajstić information content (AvgIpc) is 3.01. The predicted octanol–water partition coefficient (Wildman–Crippen LogP) is 1.02. The Morgan fingerprint density at radius 2 is 1.94 bits per heavy atom. The van der Waals surface area contributed by atoms with Crippen LogP contribution in [0.15, 0.2) is 0 Å². The number of amides is 1. The summed E-state index contributed by atoms with van der Waals surface area (Å²) in [5, 5.41) is 11.7. The van der Waals surface area contributed by atoms with Crippen LogP contribution in [-0.2, 0) is 9.59 Å². The number of nitrogens with one attached hydrogen (secondary N) is 1. The molecular weight excluding hydrogens is 232 g/mol. The summed E-state index contributed by atoms with van der Waals surface area (Å²) in [5.74, 6) is -0.588. The molecular formula is C13H22N2O3. The van der Waals surface area contributed by atoms with Crippen molar-refractivity contribution in [2.24, 2.45) is 11.7 Å². The van der Waals surface area contributed by atoms with Gasteiger partial charge in [0, 0.05) is 18.0 Å². The minimum atomic E-state index is -0.851. The summed E-state index contributed by atoms with van der Waals surface area (Å²) in [6, 6.07) is -0.208. The van der Waals surface area contributed by atoms with Crippen LogP contribution in [0.25, 0.3) is 0 Å². The summed E-state index contributed by atoms with van der Waals surface area (Å²) in [5.41, 5.74) is 5.79. The van der Waals surface area contributed by atoms with Crippen molar-refractivity contribution in [3.05, 3.63) is 0 Å². The quantitative estimate of drug-likeness (QED) is 0.659. The first-order chi connectivity index (χ1) is 8.48. The number of nitrogens with two attached hydrogens (primary N) is 1. The van der Waals surface area contributed by atoms with Crippen molar-refractivity contribution in [3.63, 3.8) is 0 Å². The Kier molecular flexibility index (Phi) is 3.90. The van der Waals surface area contributed by atoms with Gasteiger partial charge in [0.1, 0.15) is 0 Å². The Morgan fingerprint density at radius 1 is 1.33 bits per heavy atom. The van der Waals surface area contributed by atoms with Gasteiger partial charge >= 0.3 is 5.97 Å². The van der Waals surface area contributed by atoms with E-state index >= 15 is 0 Å². The second-order valence-electron chi connectivity index (χ2n) is 5.86. The molecule has 2 rings (SSSR count). The highest BCUT2D eigenvalue weighted by Gasteiger charge is 2.36. The first kappa shape index (κ1) is 13.3. The molecule has 0 aromatic heterocycles. The van der Waals surface area contributed by atoms with Gasteiger partial charge in [0.2, 0.25) is 5.91 Å². The number of hydrogen-bond donors (Lipinski definition) is 3. The standard InChI is InChI=1S/C13H22N2O3/c14-13(5-1-2-6-13)8-11(16)15-10(7-12(17)18)9-3-4-9/h9-10H,1-8,14H2,(H,15,16)(H,17,18). The lowest BCUT2D eigenvalue weighted by molar-refractivity contribution is -0.137. The Balaban J connectivity index is 1.82. The van der Waals surface area contributed by atoms with Crippen molar-refractivity contribution in [2.45, 2.75) is 62.9 Å². The molecule has 0 heterocycles. The van der Waals surface area contributed by atoms with Crippen LogP contribution in [0.3, 0.4) is 0 Å². The fourth-order valence-electron chi connectivity index (χ4n) is 2.86. The largest absolute Gasteiger partial charge is 0.481 e. The highest BCUT2D eigenvalue weighted by molar-refractivity contribution is 5.78. The fraction of sp³-hybridized carbons (Fsp3) is 0.846. The van der Waals surface area contributed by atoms with Crippen LogP contribution in [0.2, 0.25) is 0 Å². The molecule has 5 heteroatoms. The smallest absolute Gasteiger partial charge is 0.305 e. The molecule has 1 amide bonds. The van der Waals surface area contributed by atoms with Crippen LogP contribution in [0, 0.1) is 5.92 Å². The second kappa shape index (κ2) is 5.26. The van der Waals surface area contributed by atoms with Gasteiger partial charge in [-0.05, 0) is 31.6 Å². The van der Waals surface area contributed by atoms with Crippen LogP contribution in [-0.4, -0.2) is 28.6 Å². The van der Waals surface area contributed by atoms with E-state index in [4.69, 9.17) is 10.8 Å².